The molecule has 2 fully saturated rings. The smallest absolute Gasteiger partial charge is 0.151 e. The normalized spacial score (nSPS) is 19.2. The fourth-order valence-corrected chi connectivity index (χ4v) is 3.33. The minimum Gasteiger partial charge on any atom is -0.378 e. The Morgan fingerprint density at radius 3 is 1.96 bits per heavy atom. The Bertz CT molecular complexity index is 651. The molecule has 2 aromatic rings. The zero-order valence-electron chi connectivity index (χ0n) is 14.4. The largest absolute Gasteiger partial charge is 0.378 e. The van der Waals surface area contributed by atoms with Crippen LogP contribution in [-0.4, -0.2) is 72.6 Å². The van der Waals surface area contributed by atoms with Crippen LogP contribution in [0.5, 0.6) is 0 Å². The number of morpholine rings is 1. The van der Waals surface area contributed by atoms with Crippen LogP contribution in [0.1, 0.15) is 5.56 Å². The van der Waals surface area contributed by atoms with Gasteiger partial charge in [0.15, 0.2) is 11.6 Å². The van der Waals surface area contributed by atoms with Crippen LogP contribution in [-0.2, 0) is 11.3 Å². The Morgan fingerprint density at radius 1 is 0.760 bits per heavy atom. The maximum atomic E-state index is 5.39. The van der Waals surface area contributed by atoms with E-state index >= 15 is 0 Å². The van der Waals surface area contributed by atoms with Crippen molar-refractivity contribution >= 4 is 11.6 Å². The van der Waals surface area contributed by atoms with Crippen molar-refractivity contribution in [2.75, 3.05) is 62.3 Å². The second kappa shape index (κ2) is 7.76. The molecule has 0 bridgehead atoms. The maximum absolute atomic E-state index is 5.39. The number of rotatable bonds is 4. The fraction of sp³-hybridized carbons (Fsp3) is 0.500. The molecule has 4 heterocycles. The van der Waals surface area contributed by atoms with Crippen LogP contribution >= 0.6 is 0 Å². The summed E-state index contributed by atoms with van der Waals surface area (Å²) < 4.78 is 5.39. The zero-order chi connectivity index (χ0) is 16.9. The first-order valence-electron chi connectivity index (χ1n) is 8.91. The fourth-order valence-electron chi connectivity index (χ4n) is 3.33. The number of aromatic nitrogens is 3. The van der Waals surface area contributed by atoms with Gasteiger partial charge in [-0.1, -0.05) is 0 Å². The average Bonchev–Trinajstić information content (AvgIpc) is 2.70. The molecule has 0 aromatic carbocycles. The van der Waals surface area contributed by atoms with Crippen molar-refractivity contribution in [2.45, 2.75) is 6.54 Å². The summed E-state index contributed by atoms with van der Waals surface area (Å²) in [5.41, 5.74) is 1.32. The van der Waals surface area contributed by atoms with Gasteiger partial charge in [0.25, 0.3) is 0 Å². The first-order valence-corrected chi connectivity index (χ1v) is 8.91. The second-order valence-corrected chi connectivity index (χ2v) is 6.47. The van der Waals surface area contributed by atoms with Gasteiger partial charge in [-0.2, -0.15) is 0 Å². The first kappa shape index (κ1) is 16.2. The van der Waals surface area contributed by atoms with Crippen molar-refractivity contribution in [3.8, 4) is 0 Å². The molecule has 25 heavy (non-hydrogen) atoms. The molecule has 0 radical (unpaired) electrons. The molecule has 2 aromatic heterocycles. The summed E-state index contributed by atoms with van der Waals surface area (Å²) in [5, 5.41) is 8.88. The van der Waals surface area contributed by atoms with Gasteiger partial charge in [0.2, 0.25) is 0 Å². The van der Waals surface area contributed by atoms with Crippen molar-refractivity contribution in [3.05, 3.63) is 42.2 Å². The molecule has 7 heteroatoms. The van der Waals surface area contributed by atoms with E-state index in [1.807, 2.05) is 12.4 Å². The lowest BCUT2D eigenvalue weighted by Crippen LogP contribution is -2.46. The molecule has 2 saturated heterocycles. The summed E-state index contributed by atoms with van der Waals surface area (Å²) in [6, 6.07) is 8.34. The number of nitrogens with zero attached hydrogens (tertiary/aromatic N) is 6. The van der Waals surface area contributed by atoms with Crippen molar-refractivity contribution in [1.82, 2.24) is 20.1 Å². The van der Waals surface area contributed by atoms with Crippen LogP contribution in [0.25, 0.3) is 0 Å². The first-order chi connectivity index (χ1) is 12.4. The average molecular weight is 340 g/mol. The van der Waals surface area contributed by atoms with Gasteiger partial charge in [-0.15, -0.1) is 10.2 Å². The summed E-state index contributed by atoms with van der Waals surface area (Å²) in [4.78, 5) is 11.1. The van der Waals surface area contributed by atoms with Crippen LogP contribution in [0.15, 0.2) is 36.7 Å². The lowest BCUT2D eigenvalue weighted by atomic mass is 10.2. The predicted molar refractivity (Wildman–Crippen MR) is 96.8 cm³/mol. The SMILES string of the molecule is c1cc(CN2CCN(c3ccc(N4CCOCC4)nn3)CC2)ccn1. The molecule has 132 valence electrons. The Kier molecular flexibility index (Phi) is 5.03. The maximum Gasteiger partial charge on any atom is 0.151 e. The minimum absolute atomic E-state index is 0.767. The van der Waals surface area contributed by atoms with Crippen LogP contribution < -0.4 is 9.80 Å². The van der Waals surface area contributed by atoms with E-state index in [0.29, 0.717) is 0 Å². The number of pyridine rings is 1. The minimum atomic E-state index is 0.767. The second-order valence-electron chi connectivity index (χ2n) is 6.47. The Morgan fingerprint density at radius 2 is 1.36 bits per heavy atom. The highest BCUT2D eigenvalue weighted by atomic mass is 16.5. The van der Waals surface area contributed by atoms with Gasteiger partial charge in [-0.05, 0) is 29.8 Å². The quantitative estimate of drug-likeness (QED) is 0.824. The molecule has 0 unspecified atom stereocenters. The lowest BCUT2D eigenvalue weighted by Gasteiger charge is -2.35. The molecule has 0 aliphatic carbocycles. The highest BCUT2D eigenvalue weighted by molar-refractivity contribution is 5.45. The predicted octanol–water partition coefficient (Wildman–Crippen LogP) is 1.03. The molecule has 0 spiro atoms. The van der Waals surface area contributed by atoms with Gasteiger partial charge in [-0.3, -0.25) is 9.88 Å². The van der Waals surface area contributed by atoms with Crippen LogP contribution in [0, 0.1) is 0 Å². The van der Waals surface area contributed by atoms with E-state index in [-0.39, 0.29) is 0 Å². The van der Waals surface area contributed by atoms with E-state index in [2.05, 4.69) is 54.1 Å². The van der Waals surface area contributed by atoms with Gasteiger partial charge in [0.05, 0.1) is 13.2 Å². The zero-order valence-corrected chi connectivity index (χ0v) is 14.4. The van der Waals surface area contributed by atoms with E-state index in [1.54, 1.807) is 0 Å². The molecule has 0 saturated carbocycles. The highest BCUT2D eigenvalue weighted by Gasteiger charge is 2.19. The van der Waals surface area contributed by atoms with Gasteiger partial charge in [0, 0.05) is 58.2 Å². The number of hydrogen-bond acceptors (Lipinski definition) is 7. The third-order valence-electron chi connectivity index (χ3n) is 4.82. The highest BCUT2D eigenvalue weighted by Crippen LogP contribution is 2.18. The molecule has 0 atom stereocenters. The third-order valence-corrected chi connectivity index (χ3v) is 4.82. The topological polar surface area (TPSA) is 57.6 Å². The molecular weight excluding hydrogens is 316 g/mol. The number of ether oxygens (including phenoxy) is 1. The van der Waals surface area contributed by atoms with E-state index in [1.165, 1.54) is 5.56 Å². The number of anilines is 2. The van der Waals surface area contributed by atoms with Gasteiger partial charge in [-0.25, -0.2) is 0 Å². The molecular formula is C18H24N6O. The van der Waals surface area contributed by atoms with Crippen molar-refractivity contribution in [3.63, 3.8) is 0 Å². The Labute approximate surface area is 148 Å². The van der Waals surface area contributed by atoms with Gasteiger partial charge < -0.3 is 14.5 Å². The van der Waals surface area contributed by atoms with Crippen molar-refractivity contribution in [1.29, 1.82) is 0 Å². The van der Waals surface area contributed by atoms with Crippen LogP contribution in [0.4, 0.5) is 11.6 Å². The molecule has 2 aliphatic rings. The monoisotopic (exact) mass is 340 g/mol. The van der Waals surface area contributed by atoms with Crippen molar-refractivity contribution in [2.24, 2.45) is 0 Å². The number of piperazine rings is 1. The lowest BCUT2D eigenvalue weighted by molar-refractivity contribution is 0.122. The summed E-state index contributed by atoms with van der Waals surface area (Å²) in [5.74, 6) is 1.92. The standard InChI is InChI=1S/C18H24N6O/c1-2-18(24-11-13-25-14-12-24)21-20-17(1)23-9-7-22(8-10-23)15-16-3-5-19-6-4-16/h1-6H,7-15H2. The molecule has 7 nitrogen and oxygen atoms in total. The van der Waals surface area contributed by atoms with Crippen LogP contribution in [0.3, 0.4) is 0 Å². The van der Waals surface area contributed by atoms with E-state index in [0.717, 1.165) is 70.7 Å². The molecule has 4 rings (SSSR count). The van der Waals surface area contributed by atoms with E-state index in [4.69, 9.17) is 4.74 Å². The Balaban J connectivity index is 1.31. The van der Waals surface area contributed by atoms with Crippen LogP contribution in [0.2, 0.25) is 0 Å². The number of hydrogen-bond donors (Lipinski definition) is 0. The molecule has 0 amide bonds. The molecule has 2 aliphatic heterocycles. The van der Waals surface area contributed by atoms with E-state index < -0.39 is 0 Å². The van der Waals surface area contributed by atoms with E-state index in [9.17, 15) is 0 Å². The summed E-state index contributed by atoms with van der Waals surface area (Å²) >= 11 is 0. The Hall–Kier alpha value is -2.25. The summed E-state index contributed by atoms with van der Waals surface area (Å²) in [6.07, 6.45) is 3.72. The molecule has 0 N–H and O–H groups in total. The summed E-state index contributed by atoms with van der Waals surface area (Å²) in [7, 11) is 0. The third kappa shape index (κ3) is 4.05. The summed E-state index contributed by atoms with van der Waals surface area (Å²) in [6.45, 7) is 8.34. The van der Waals surface area contributed by atoms with Crippen molar-refractivity contribution < 1.29 is 4.74 Å². The van der Waals surface area contributed by atoms with Gasteiger partial charge in [0.1, 0.15) is 0 Å². The van der Waals surface area contributed by atoms with Gasteiger partial charge >= 0.3 is 0 Å².